The fraction of sp³-hybridized carbons (Fsp3) is 0.176. The summed E-state index contributed by atoms with van der Waals surface area (Å²) in [5.41, 5.74) is -6.08. The Morgan fingerprint density at radius 3 is 1.93 bits per heavy atom. The average molecular weight is 394 g/mol. The van der Waals surface area contributed by atoms with Crippen LogP contribution in [0.5, 0.6) is 0 Å². The van der Waals surface area contributed by atoms with E-state index in [-0.39, 0.29) is 0 Å². The highest BCUT2D eigenvalue weighted by Gasteiger charge is 2.32. The van der Waals surface area contributed by atoms with Crippen LogP contribution >= 0.6 is 9.24 Å². The summed E-state index contributed by atoms with van der Waals surface area (Å²) in [6.45, 7) is -1.80. The highest BCUT2D eigenvalue weighted by Crippen LogP contribution is 2.42. The maximum Gasteiger partial charge on any atom is 0.165 e. The minimum absolute atomic E-state index is 0.411. The lowest BCUT2D eigenvalue weighted by Crippen LogP contribution is -2.03. The van der Waals surface area contributed by atoms with E-state index < -0.39 is 76.0 Å². The van der Waals surface area contributed by atoms with Crippen molar-refractivity contribution < 1.29 is 22.0 Å². The van der Waals surface area contributed by atoms with Gasteiger partial charge in [-0.1, -0.05) is 0 Å². The molecule has 1 rings (SSSR count). The van der Waals surface area contributed by atoms with Gasteiger partial charge in [-0.2, -0.15) is 21.0 Å². The minimum Gasteiger partial charge on any atom is -0.246 e. The van der Waals surface area contributed by atoms with Gasteiger partial charge in [0, 0.05) is 23.1 Å². The first kappa shape index (κ1) is 21.8. The minimum atomic E-state index is -1.95. The van der Waals surface area contributed by atoms with Crippen molar-refractivity contribution in [3.63, 3.8) is 0 Å². The number of nitriles is 4. The first-order chi connectivity index (χ1) is 12.8. The summed E-state index contributed by atoms with van der Waals surface area (Å²) in [6, 6.07) is 5.26. The molecule has 0 aromatic carbocycles. The maximum absolute atomic E-state index is 14.8. The zero-order chi connectivity index (χ0) is 20.7. The standard InChI is InChI=1S/C17H8F5N4P/c18-2-11-14(16(21)12(7-27)9(5-25)6-26)17(22)13(19)1-10(15(11)20)8(3-23)4-24/h1-2,7,27H2/b16-14-. The van der Waals surface area contributed by atoms with Gasteiger partial charge in [0.2, 0.25) is 0 Å². The number of alkyl halides is 1. The molecule has 27 heavy (non-hydrogen) atoms. The van der Waals surface area contributed by atoms with Crippen LogP contribution < -0.4 is 0 Å². The van der Waals surface area contributed by atoms with Gasteiger partial charge in [0.15, 0.2) is 5.83 Å². The van der Waals surface area contributed by atoms with Gasteiger partial charge in [0.05, 0.1) is 5.57 Å². The Labute approximate surface area is 153 Å². The van der Waals surface area contributed by atoms with Crippen molar-refractivity contribution in [3.05, 3.63) is 56.7 Å². The van der Waals surface area contributed by atoms with Crippen molar-refractivity contribution in [2.24, 2.45) is 0 Å². The lowest BCUT2D eigenvalue weighted by molar-refractivity contribution is 0.508. The van der Waals surface area contributed by atoms with Crippen molar-refractivity contribution in [3.8, 4) is 24.3 Å². The third kappa shape index (κ3) is 4.12. The van der Waals surface area contributed by atoms with Gasteiger partial charge in [-0.05, 0) is 6.16 Å². The summed E-state index contributed by atoms with van der Waals surface area (Å²) in [7, 11) is 1.95. The Morgan fingerprint density at radius 2 is 1.52 bits per heavy atom. The molecule has 1 aliphatic carbocycles. The van der Waals surface area contributed by atoms with E-state index in [1.807, 2.05) is 9.24 Å². The van der Waals surface area contributed by atoms with Gasteiger partial charge >= 0.3 is 0 Å². The summed E-state index contributed by atoms with van der Waals surface area (Å²) in [5.74, 6) is -7.06. The van der Waals surface area contributed by atoms with E-state index in [1.54, 1.807) is 0 Å². The largest absolute Gasteiger partial charge is 0.246 e. The lowest BCUT2D eigenvalue weighted by atomic mass is 9.98. The first-order valence-electron chi connectivity index (χ1n) is 6.99. The Bertz CT molecular complexity index is 972. The van der Waals surface area contributed by atoms with Crippen LogP contribution in [0, 0.1) is 45.3 Å². The molecule has 0 spiro atoms. The van der Waals surface area contributed by atoms with Crippen molar-refractivity contribution in [1.82, 2.24) is 0 Å². The Balaban J connectivity index is 4.13. The molecule has 1 aliphatic rings. The normalized spacial score (nSPS) is 15.9. The number of allylic oxidation sites excluding steroid dienone is 10. The van der Waals surface area contributed by atoms with E-state index in [0.29, 0.717) is 0 Å². The second kappa shape index (κ2) is 9.44. The van der Waals surface area contributed by atoms with Crippen LogP contribution in [0.2, 0.25) is 0 Å². The van der Waals surface area contributed by atoms with Gasteiger partial charge in [-0.3, -0.25) is 0 Å². The summed E-state index contributed by atoms with van der Waals surface area (Å²) in [5, 5.41) is 35.4. The molecule has 0 radical (unpaired) electrons. The van der Waals surface area contributed by atoms with Crippen LogP contribution in [0.1, 0.15) is 6.42 Å². The molecule has 4 nitrogen and oxygen atoms in total. The maximum atomic E-state index is 14.8. The molecule has 0 saturated carbocycles. The molecule has 0 aliphatic heterocycles. The fourth-order valence-corrected chi connectivity index (χ4v) is 2.58. The third-order valence-corrected chi connectivity index (χ3v) is 3.90. The lowest BCUT2D eigenvalue weighted by Gasteiger charge is -2.11. The van der Waals surface area contributed by atoms with Crippen LogP contribution in [0.25, 0.3) is 0 Å². The first-order valence-corrected chi connectivity index (χ1v) is 7.81. The number of hydrogen-bond donors (Lipinski definition) is 0. The molecule has 1 unspecified atom stereocenters. The summed E-state index contributed by atoms with van der Waals surface area (Å²) >= 11 is 0. The second-order valence-electron chi connectivity index (χ2n) is 4.87. The topological polar surface area (TPSA) is 95.2 Å². The molecule has 0 heterocycles. The number of nitrogens with zero attached hydrogens (tertiary/aromatic N) is 4. The summed E-state index contributed by atoms with van der Waals surface area (Å²) in [4.78, 5) is 0. The van der Waals surface area contributed by atoms with E-state index in [9.17, 15) is 22.0 Å². The molecule has 10 heteroatoms. The Morgan fingerprint density at radius 1 is 0.963 bits per heavy atom. The van der Waals surface area contributed by atoms with Crippen LogP contribution in [-0.4, -0.2) is 12.8 Å². The van der Waals surface area contributed by atoms with Gasteiger partial charge < -0.3 is 0 Å². The van der Waals surface area contributed by atoms with E-state index in [4.69, 9.17) is 21.0 Å². The quantitative estimate of drug-likeness (QED) is 0.399. The van der Waals surface area contributed by atoms with E-state index in [2.05, 4.69) is 0 Å². The van der Waals surface area contributed by atoms with E-state index >= 15 is 0 Å². The van der Waals surface area contributed by atoms with Crippen LogP contribution in [0.15, 0.2) is 56.7 Å². The molecule has 136 valence electrons. The number of hydrogen-bond acceptors (Lipinski definition) is 4. The van der Waals surface area contributed by atoms with Crippen molar-refractivity contribution in [2.75, 3.05) is 12.8 Å². The molecule has 0 aromatic rings. The predicted molar refractivity (Wildman–Crippen MR) is 87.2 cm³/mol. The number of rotatable bonds is 3. The average Bonchev–Trinajstić information content (AvgIpc) is 2.76. The van der Waals surface area contributed by atoms with Crippen LogP contribution in [0.4, 0.5) is 22.0 Å². The second-order valence-corrected chi connectivity index (χ2v) is 5.28. The highest BCUT2D eigenvalue weighted by atomic mass is 31.0. The molecular formula is C17H8F5N4P. The zero-order valence-corrected chi connectivity index (χ0v) is 14.5. The van der Waals surface area contributed by atoms with E-state index in [0.717, 1.165) is 0 Å². The van der Waals surface area contributed by atoms with Crippen molar-refractivity contribution in [2.45, 2.75) is 6.42 Å². The fourth-order valence-electron chi connectivity index (χ4n) is 2.20. The van der Waals surface area contributed by atoms with Gasteiger partial charge in [0.1, 0.15) is 59.6 Å². The summed E-state index contributed by atoms with van der Waals surface area (Å²) in [6.07, 6.45) is -1.62. The summed E-state index contributed by atoms with van der Waals surface area (Å²) < 4.78 is 71.5. The van der Waals surface area contributed by atoms with Crippen LogP contribution in [0.3, 0.4) is 0 Å². The van der Waals surface area contributed by atoms with Crippen molar-refractivity contribution in [1.29, 1.82) is 21.0 Å². The SMILES string of the molecule is N#CC(C#N)=C1CC(F)=C(F)/C(=C(\F)C(CP)=C(C#N)C#N)C(CF)=C1F. The number of halogens is 5. The van der Waals surface area contributed by atoms with Crippen LogP contribution in [-0.2, 0) is 0 Å². The molecule has 0 bridgehead atoms. The highest BCUT2D eigenvalue weighted by molar-refractivity contribution is 7.16. The molecule has 0 N–H and O–H groups in total. The zero-order valence-electron chi connectivity index (χ0n) is 13.4. The monoisotopic (exact) mass is 394 g/mol. The molecule has 0 aromatic heterocycles. The van der Waals surface area contributed by atoms with Gasteiger partial charge in [-0.15, -0.1) is 9.24 Å². The Kier molecular flexibility index (Phi) is 7.62. The van der Waals surface area contributed by atoms with E-state index in [1.165, 1.54) is 24.3 Å². The third-order valence-electron chi connectivity index (χ3n) is 3.49. The molecule has 1 atom stereocenters. The Hall–Kier alpha value is -3.26. The predicted octanol–water partition coefficient (Wildman–Crippen LogP) is 4.52. The van der Waals surface area contributed by atoms with Gasteiger partial charge in [0.25, 0.3) is 0 Å². The molecule has 0 amide bonds. The van der Waals surface area contributed by atoms with Gasteiger partial charge in [-0.25, -0.2) is 22.0 Å². The molecule has 0 fully saturated rings. The molecule has 0 saturated heterocycles. The smallest absolute Gasteiger partial charge is 0.165 e. The molecular weight excluding hydrogens is 386 g/mol. The van der Waals surface area contributed by atoms with Crippen molar-refractivity contribution >= 4 is 9.24 Å².